The van der Waals surface area contributed by atoms with Gasteiger partial charge in [0.2, 0.25) is 0 Å². The van der Waals surface area contributed by atoms with Crippen LogP contribution in [-0.4, -0.2) is 6.10 Å². The fourth-order valence-corrected chi connectivity index (χ4v) is 2.88. The van der Waals surface area contributed by atoms with E-state index in [1.807, 2.05) is 6.07 Å². The van der Waals surface area contributed by atoms with Crippen LogP contribution in [0.5, 0.6) is 0 Å². The molecule has 3 nitrogen and oxygen atoms in total. The summed E-state index contributed by atoms with van der Waals surface area (Å²) >= 11 is 0. The Morgan fingerprint density at radius 2 is 2.00 bits per heavy atom. The number of hydrogen-bond donors (Lipinski definition) is 1. The van der Waals surface area contributed by atoms with Gasteiger partial charge in [-0.05, 0) is 37.2 Å². The molecule has 2 atom stereocenters. The molecule has 3 heteroatoms. The van der Waals surface area contributed by atoms with Gasteiger partial charge in [0.1, 0.15) is 12.4 Å². The largest absolute Gasteiger partial charge is 0.467 e. The van der Waals surface area contributed by atoms with Gasteiger partial charge < -0.3 is 14.9 Å². The molecule has 1 aliphatic rings. The molecular weight excluding hydrogens is 214 g/mol. The van der Waals surface area contributed by atoms with E-state index in [-0.39, 0.29) is 0 Å². The zero-order valence-electron chi connectivity index (χ0n) is 10.8. The van der Waals surface area contributed by atoms with E-state index in [1.165, 1.54) is 19.3 Å². The molecule has 0 bridgehead atoms. The maximum absolute atomic E-state index is 5.96. The lowest BCUT2D eigenvalue weighted by Crippen LogP contribution is -2.26. The molecule has 0 aliphatic heterocycles. The summed E-state index contributed by atoms with van der Waals surface area (Å²) in [5, 5.41) is 0. The minimum atomic E-state index is 0.379. The fraction of sp³-hybridized carbons (Fsp3) is 0.714. The van der Waals surface area contributed by atoms with Crippen molar-refractivity contribution in [2.75, 3.05) is 0 Å². The molecule has 1 aromatic heterocycles. The summed E-state index contributed by atoms with van der Waals surface area (Å²) in [5.74, 6) is 2.43. The van der Waals surface area contributed by atoms with Crippen molar-refractivity contribution in [1.29, 1.82) is 0 Å². The second-order valence-electron chi connectivity index (χ2n) is 5.42. The van der Waals surface area contributed by atoms with Crippen molar-refractivity contribution >= 4 is 0 Å². The van der Waals surface area contributed by atoms with Crippen LogP contribution in [0.3, 0.4) is 0 Å². The predicted octanol–water partition coefficient (Wildman–Crippen LogP) is 3.08. The zero-order valence-corrected chi connectivity index (χ0v) is 10.8. The molecule has 96 valence electrons. The monoisotopic (exact) mass is 237 g/mol. The first-order chi connectivity index (χ1) is 8.19. The maximum Gasteiger partial charge on any atom is 0.133 e. The van der Waals surface area contributed by atoms with E-state index in [0.29, 0.717) is 19.3 Å². The van der Waals surface area contributed by atoms with Gasteiger partial charge in [-0.2, -0.15) is 0 Å². The summed E-state index contributed by atoms with van der Waals surface area (Å²) in [6, 6.07) is 1.92. The molecule has 0 amide bonds. The highest BCUT2D eigenvalue weighted by atomic mass is 16.5. The average Bonchev–Trinajstić information content (AvgIpc) is 2.72. The van der Waals surface area contributed by atoms with Gasteiger partial charge in [-0.1, -0.05) is 13.8 Å². The van der Waals surface area contributed by atoms with Crippen LogP contribution in [0.15, 0.2) is 16.7 Å². The van der Waals surface area contributed by atoms with E-state index in [1.54, 1.807) is 6.26 Å². The lowest BCUT2D eigenvalue weighted by molar-refractivity contribution is -0.0160. The molecule has 1 heterocycles. The van der Waals surface area contributed by atoms with Crippen LogP contribution in [0.1, 0.15) is 44.4 Å². The zero-order chi connectivity index (χ0) is 12.3. The molecule has 1 aromatic rings. The molecule has 0 aromatic carbocycles. The first kappa shape index (κ1) is 12.7. The second kappa shape index (κ2) is 5.69. The normalized spacial score (nSPS) is 29.5. The van der Waals surface area contributed by atoms with E-state index < -0.39 is 0 Å². The van der Waals surface area contributed by atoms with E-state index in [2.05, 4.69) is 13.8 Å². The first-order valence-corrected chi connectivity index (χ1v) is 6.56. The topological polar surface area (TPSA) is 48.4 Å². The molecule has 0 spiro atoms. The second-order valence-corrected chi connectivity index (χ2v) is 5.42. The van der Waals surface area contributed by atoms with Gasteiger partial charge in [-0.25, -0.2) is 0 Å². The summed E-state index contributed by atoms with van der Waals surface area (Å²) < 4.78 is 11.4. The minimum Gasteiger partial charge on any atom is -0.467 e. The lowest BCUT2D eigenvalue weighted by atomic mass is 9.82. The van der Waals surface area contributed by atoms with Crippen molar-refractivity contribution in [3.8, 4) is 0 Å². The van der Waals surface area contributed by atoms with E-state index in [9.17, 15) is 0 Å². The van der Waals surface area contributed by atoms with Crippen LogP contribution in [0.2, 0.25) is 0 Å². The lowest BCUT2D eigenvalue weighted by Gasteiger charge is -2.31. The number of rotatable bonds is 4. The third kappa shape index (κ3) is 3.33. The Balaban J connectivity index is 1.85. The predicted molar refractivity (Wildman–Crippen MR) is 67.4 cm³/mol. The smallest absolute Gasteiger partial charge is 0.133 e. The maximum atomic E-state index is 5.96. The molecule has 2 unspecified atom stereocenters. The van der Waals surface area contributed by atoms with Gasteiger partial charge in [-0.15, -0.1) is 0 Å². The highest BCUT2D eigenvalue weighted by Gasteiger charge is 2.24. The van der Waals surface area contributed by atoms with Crippen molar-refractivity contribution in [2.24, 2.45) is 17.6 Å². The van der Waals surface area contributed by atoms with E-state index in [4.69, 9.17) is 14.9 Å². The molecule has 1 saturated carbocycles. The van der Waals surface area contributed by atoms with Crippen LogP contribution < -0.4 is 5.73 Å². The van der Waals surface area contributed by atoms with Gasteiger partial charge in [0, 0.05) is 12.1 Å². The van der Waals surface area contributed by atoms with Crippen molar-refractivity contribution < 1.29 is 9.15 Å². The SMILES string of the molecule is CC1CC(C)CC(OCc2occc2CN)C1. The number of furan rings is 1. The van der Waals surface area contributed by atoms with Gasteiger partial charge in [0.15, 0.2) is 0 Å². The van der Waals surface area contributed by atoms with Crippen LogP contribution in [0.25, 0.3) is 0 Å². The van der Waals surface area contributed by atoms with E-state index >= 15 is 0 Å². The van der Waals surface area contributed by atoms with Crippen molar-refractivity contribution in [3.05, 3.63) is 23.7 Å². The highest BCUT2D eigenvalue weighted by Crippen LogP contribution is 2.30. The third-order valence-electron chi connectivity index (χ3n) is 3.64. The van der Waals surface area contributed by atoms with Gasteiger partial charge in [0.05, 0.1) is 12.4 Å². The van der Waals surface area contributed by atoms with Gasteiger partial charge in [0.25, 0.3) is 0 Å². The highest BCUT2D eigenvalue weighted by molar-refractivity contribution is 5.15. The molecule has 1 fully saturated rings. The molecule has 17 heavy (non-hydrogen) atoms. The summed E-state index contributed by atoms with van der Waals surface area (Å²) in [4.78, 5) is 0. The Morgan fingerprint density at radius 3 is 2.65 bits per heavy atom. The summed E-state index contributed by atoms with van der Waals surface area (Å²) in [7, 11) is 0. The molecule has 2 rings (SSSR count). The van der Waals surface area contributed by atoms with E-state index in [0.717, 1.165) is 23.2 Å². The summed E-state index contributed by atoms with van der Waals surface area (Å²) in [6.07, 6.45) is 5.73. The standard InChI is InChI=1S/C14H23NO2/c1-10-5-11(2)7-13(6-10)17-9-14-12(8-15)3-4-16-14/h3-4,10-11,13H,5-9,15H2,1-2H3. The molecule has 1 aliphatic carbocycles. The Labute approximate surface area is 103 Å². The third-order valence-corrected chi connectivity index (χ3v) is 3.64. The van der Waals surface area contributed by atoms with Crippen LogP contribution >= 0.6 is 0 Å². The Hall–Kier alpha value is -0.800. The Bertz CT molecular complexity index is 338. The van der Waals surface area contributed by atoms with Crippen molar-refractivity contribution in [2.45, 2.75) is 52.4 Å². The molecular formula is C14H23NO2. The summed E-state index contributed by atoms with van der Waals surface area (Å²) in [5.41, 5.74) is 6.69. The number of nitrogens with two attached hydrogens (primary N) is 1. The Morgan fingerprint density at radius 1 is 1.29 bits per heavy atom. The quantitative estimate of drug-likeness (QED) is 0.875. The Kier molecular flexibility index (Phi) is 4.24. The van der Waals surface area contributed by atoms with Crippen LogP contribution in [0, 0.1) is 11.8 Å². The average molecular weight is 237 g/mol. The number of hydrogen-bond acceptors (Lipinski definition) is 3. The van der Waals surface area contributed by atoms with Gasteiger partial charge in [-0.3, -0.25) is 0 Å². The molecule has 0 saturated heterocycles. The van der Waals surface area contributed by atoms with Gasteiger partial charge >= 0.3 is 0 Å². The summed E-state index contributed by atoms with van der Waals surface area (Å²) in [6.45, 7) is 5.70. The van der Waals surface area contributed by atoms with Crippen molar-refractivity contribution in [3.63, 3.8) is 0 Å². The van der Waals surface area contributed by atoms with Crippen LogP contribution in [-0.2, 0) is 17.9 Å². The molecule has 0 radical (unpaired) electrons. The fourth-order valence-electron chi connectivity index (χ4n) is 2.88. The molecule has 2 N–H and O–H groups in total. The first-order valence-electron chi connectivity index (χ1n) is 6.56. The minimum absolute atomic E-state index is 0.379. The van der Waals surface area contributed by atoms with Crippen LogP contribution in [0.4, 0.5) is 0 Å². The van der Waals surface area contributed by atoms with Crippen molar-refractivity contribution in [1.82, 2.24) is 0 Å². The number of ether oxygens (including phenoxy) is 1.